The summed E-state index contributed by atoms with van der Waals surface area (Å²) in [5, 5.41) is 3.38. The van der Waals surface area contributed by atoms with Gasteiger partial charge in [0.2, 0.25) is 5.95 Å². The predicted octanol–water partition coefficient (Wildman–Crippen LogP) is 3.14. The number of anilines is 1. The fourth-order valence-electron chi connectivity index (χ4n) is 3.14. The topological polar surface area (TPSA) is 28.2 Å². The summed E-state index contributed by atoms with van der Waals surface area (Å²) in [6.45, 7) is 3.18. The van der Waals surface area contributed by atoms with Crippen molar-refractivity contribution < 1.29 is 4.39 Å². The summed E-state index contributed by atoms with van der Waals surface area (Å²) < 4.78 is 13.1. The second-order valence-electron chi connectivity index (χ2n) is 6.04. The van der Waals surface area contributed by atoms with Gasteiger partial charge in [-0.3, -0.25) is 0 Å². The number of nitrogens with zero attached hydrogens (tertiary/aromatic N) is 2. The third kappa shape index (κ3) is 3.44. The summed E-state index contributed by atoms with van der Waals surface area (Å²) >= 11 is 0. The number of hydrogen-bond donors (Lipinski definition) is 1. The van der Waals surface area contributed by atoms with Crippen LogP contribution >= 0.6 is 0 Å². The molecule has 0 aromatic carbocycles. The van der Waals surface area contributed by atoms with Crippen molar-refractivity contribution in [3.05, 3.63) is 24.3 Å². The predicted molar refractivity (Wildman–Crippen MR) is 76.7 cm³/mol. The molecule has 1 N–H and O–H groups in total. The van der Waals surface area contributed by atoms with Gasteiger partial charge in [-0.25, -0.2) is 4.98 Å². The summed E-state index contributed by atoms with van der Waals surface area (Å²) in [6, 6.07) is 3.27. The molecule has 0 saturated heterocycles. The summed E-state index contributed by atoms with van der Waals surface area (Å²) in [5.41, 5.74) is 0.990. The maximum atomic E-state index is 13.1. The zero-order chi connectivity index (χ0) is 13.9. The largest absolute Gasteiger partial charge is 0.383 e. The van der Waals surface area contributed by atoms with Crippen molar-refractivity contribution in [3.8, 4) is 0 Å². The van der Waals surface area contributed by atoms with Gasteiger partial charge in [0.05, 0.1) is 0 Å². The van der Waals surface area contributed by atoms with E-state index in [2.05, 4.69) is 36.2 Å². The average molecular weight is 265 g/mol. The molecular weight excluding hydrogens is 241 g/mol. The molecule has 3 nitrogen and oxygen atoms in total. The molecule has 1 heterocycles. The smallest absolute Gasteiger partial charge is 0.214 e. The van der Waals surface area contributed by atoms with E-state index >= 15 is 0 Å². The van der Waals surface area contributed by atoms with E-state index < -0.39 is 5.95 Å². The molecule has 0 amide bonds. The van der Waals surface area contributed by atoms with Crippen molar-refractivity contribution in [2.45, 2.75) is 38.1 Å². The zero-order valence-corrected chi connectivity index (χ0v) is 12.1. The van der Waals surface area contributed by atoms with Gasteiger partial charge in [0.15, 0.2) is 0 Å². The number of halogens is 1. The van der Waals surface area contributed by atoms with Crippen molar-refractivity contribution in [1.82, 2.24) is 9.88 Å². The van der Waals surface area contributed by atoms with E-state index in [0.717, 1.165) is 18.2 Å². The fraction of sp³-hybridized carbons (Fsp3) is 0.667. The minimum Gasteiger partial charge on any atom is -0.383 e. The van der Waals surface area contributed by atoms with E-state index in [9.17, 15) is 4.39 Å². The molecule has 0 aliphatic heterocycles. The number of aromatic nitrogens is 1. The molecule has 106 valence electrons. The van der Waals surface area contributed by atoms with E-state index in [-0.39, 0.29) is 5.54 Å². The van der Waals surface area contributed by atoms with Crippen LogP contribution in [-0.4, -0.2) is 36.1 Å². The van der Waals surface area contributed by atoms with Gasteiger partial charge in [-0.05, 0) is 38.9 Å². The zero-order valence-electron chi connectivity index (χ0n) is 12.1. The molecular formula is C15H24FN3. The first-order valence-electron chi connectivity index (χ1n) is 7.05. The number of pyridine rings is 1. The molecule has 0 spiro atoms. The molecule has 1 saturated carbocycles. The lowest BCUT2D eigenvalue weighted by atomic mass is 9.75. The maximum absolute atomic E-state index is 13.1. The second-order valence-corrected chi connectivity index (χ2v) is 6.04. The van der Waals surface area contributed by atoms with Crippen molar-refractivity contribution in [1.29, 1.82) is 0 Å². The Kier molecular flexibility index (Phi) is 4.40. The summed E-state index contributed by atoms with van der Waals surface area (Å²) in [6.07, 6.45) is 6.49. The van der Waals surface area contributed by atoms with Gasteiger partial charge in [-0.15, -0.1) is 0 Å². The van der Waals surface area contributed by atoms with Crippen molar-refractivity contribution in [2.75, 3.05) is 26.0 Å². The first-order chi connectivity index (χ1) is 9.02. The van der Waals surface area contributed by atoms with Gasteiger partial charge in [0.25, 0.3) is 0 Å². The first-order valence-corrected chi connectivity index (χ1v) is 7.05. The SMILES string of the molecule is CC1CCCC(CNc2ccnc(F)c2)(N(C)C)C1. The van der Waals surface area contributed by atoms with Crippen molar-refractivity contribution in [2.24, 2.45) is 5.92 Å². The van der Waals surface area contributed by atoms with E-state index in [0.29, 0.717) is 0 Å². The van der Waals surface area contributed by atoms with Crippen LogP contribution in [0.3, 0.4) is 0 Å². The Hall–Kier alpha value is -1.16. The van der Waals surface area contributed by atoms with E-state index in [1.54, 1.807) is 0 Å². The Bertz CT molecular complexity index is 422. The molecule has 2 rings (SSSR count). The molecule has 1 aromatic rings. The average Bonchev–Trinajstić information content (AvgIpc) is 2.36. The standard InChI is InChI=1S/C15H24FN3/c1-12-5-4-7-15(10-12,19(2)3)11-18-13-6-8-17-14(16)9-13/h6,8-9,12H,4-5,7,10-11H2,1-3H3,(H,17,18). The van der Waals surface area contributed by atoms with Gasteiger partial charge >= 0.3 is 0 Å². The highest BCUT2D eigenvalue weighted by Crippen LogP contribution is 2.35. The first kappa shape index (κ1) is 14.3. The fourth-order valence-corrected chi connectivity index (χ4v) is 3.14. The minimum absolute atomic E-state index is 0.178. The van der Waals surface area contributed by atoms with Gasteiger partial charge in [-0.1, -0.05) is 19.8 Å². The molecule has 1 aliphatic rings. The molecule has 2 atom stereocenters. The Morgan fingerprint density at radius 1 is 1.53 bits per heavy atom. The number of rotatable bonds is 4. The Balaban J connectivity index is 2.05. The summed E-state index contributed by atoms with van der Waals surface area (Å²) in [5.74, 6) is 0.327. The molecule has 1 aromatic heterocycles. The normalized spacial score (nSPS) is 27.5. The van der Waals surface area contributed by atoms with Gasteiger partial charge < -0.3 is 10.2 Å². The van der Waals surface area contributed by atoms with Crippen molar-refractivity contribution in [3.63, 3.8) is 0 Å². The van der Waals surface area contributed by atoms with Crippen LogP contribution in [-0.2, 0) is 0 Å². The van der Waals surface area contributed by atoms with Gasteiger partial charge in [0, 0.05) is 30.0 Å². The third-order valence-corrected chi connectivity index (χ3v) is 4.36. The monoisotopic (exact) mass is 265 g/mol. The van der Waals surface area contributed by atoms with Crippen molar-refractivity contribution >= 4 is 5.69 Å². The molecule has 4 heteroatoms. The highest BCUT2D eigenvalue weighted by atomic mass is 19.1. The highest BCUT2D eigenvalue weighted by Gasteiger charge is 2.36. The molecule has 19 heavy (non-hydrogen) atoms. The quantitative estimate of drug-likeness (QED) is 0.848. The molecule has 2 unspecified atom stereocenters. The van der Waals surface area contributed by atoms with Crippen LogP contribution in [0.15, 0.2) is 18.3 Å². The lowest BCUT2D eigenvalue weighted by Gasteiger charge is -2.45. The maximum Gasteiger partial charge on any atom is 0.214 e. The summed E-state index contributed by atoms with van der Waals surface area (Å²) in [4.78, 5) is 5.91. The minimum atomic E-state index is -0.430. The second kappa shape index (κ2) is 5.87. The third-order valence-electron chi connectivity index (χ3n) is 4.36. The van der Waals surface area contributed by atoms with Crippen LogP contribution in [0.25, 0.3) is 0 Å². The Morgan fingerprint density at radius 2 is 2.32 bits per heavy atom. The van der Waals surface area contributed by atoms with E-state index in [1.165, 1.54) is 37.9 Å². The molecule has 1 aliphatic carbocycles. The number of likely N-dealkylation sites (N-methyl/N-ethyl adjacent to an activating group) is 1. The van der Waals surface area contributed by atoms with E-state index in [4.69, 9.17) is 0 Å². The van der Waals surface area contributed by atoms with Crippen LogP contribution in [0.4, 0.5) is 10.1 Å². The van der Waals surface area contributed by atoms with Crippen LogP contribution in [0.1, 0.15) is 32.6 Å². The van der Waals surface area contributed by atoms with Gasteiger partial charge in [0.1, 0.15) is 0 Å². The van der Waals surface area contributed by atoms with Crippen LogP contribution in [0.5, 0.6) is 0 Å². The van der Waals surface area contributed by atoms with Crippen LogP contribution in [0, 0.1) is 11.9 Å². The van der Waals surface area contributed by atoms with Crippen LogP contribution < -0.4 is 5.32 Å². The number of hydrogen-bond acceptors (Lipinski definition) is 3. The Morgan fingerprint density at radius 3 is 2.95 bits per heavy atom. The summed E-state index contributed by atoms with van der Waals surface area (Å²) in [7, 11) is 4.29. The highest BCUT2D eigenvalue weighted by molar-refractivity contribution is 5.41. The molecule has 1 fully saturated rings. The lowest BCUT2D eigenvalue weighted by Crippen LogP contribution is -2.52. The molecule has 0 bridgehead atoms. The Labute approximate surface area is 115 Å². The molecule has 0 radical (unpaired) electrons. The number of nitrogens with one attached hydrogen (secondary N) is 1. The lowest BCUT2D eigenvalue weighted by molar-refractivity contribution is 0.0882. The van der Waals surface area contributed by atoms with Crippen LogP contribution in [0.2, 0.25) is 0 Å². The van der Waals surface area contributed by atoms with E-state index in [1.807, 2.05) is 6.07 Å². The van der Waals surface area contributed by atoms with Gasteiger partial charge in [-0.2, -0.15) is 4.39 Å².